The number of nitrogens with one attached hydrogen (secondary N) is 1. The van der Waals surface area contributed by atoms with Crippen LogP contribution in [0.15, 0.2) is 78.9 Å². The number of aryl methyl sites for hydroxylation is 1. The van der Waals surface area contributed by atoms with Gasteiger partial charge < -0.3 is 10.1 Å². The maximum Gasteiger partial charge on any atom is 0.220 e. The first-order chi connectivity index (χ1) is 16.2. The zero-order valence-electron chi connectivity index (χ0n) is 18.4. The number of para-hydroxylation sites is 2. The van der Waals surface area contributed by atoms with E-state index in [1.807, 2.05) is 54.6 Å². The lowest BCUT2D eigenvalue weighted by atomic mass is 10.1. The molecule has 1 aliphatic rings. The Morgan fingerprint density at radius 3 is 2.70 bits per heavy atom. The third kappa shape index (κ3) is 5.41. The van der Waals surface area contributed by atoms with E-state index in [0.717, 1.165) is 35.9 Å². The highest BCUT2D eigenvalue weighted by atomic mass is 32.1. The number of hydrogen-bond donors (Lipinski definition) is 1. The molecule has 1 amide bonds. The van der Waals surface area contributed by atoms with Crippen LogP contribution in [0.1, 0.15) is 28.7 Å². The van der Waals surface area contributed by atoms with E-state index < -0.39 is 0 Å². The fourth-order valence-electron chi connectivity index (χ4n) is 4.18. The van der Waals surface area contributed by atoms with E-state index in [1.165, 1.54) is 15.8 Å². The van der Waals surface area contributed by atoms with Crippen LogP contribution in [0.3, 0.4) is 0 Å². The summed E-state index contributed by atoms with van der Waals surface area (Å²) in [7, 11) is 0. The number of ether oxygens (including phenoxy) is 1. The van der Waals surface area contributed by atoms with Crippen LogP contribution in [0.5, 0.6) is 5.75 Å². The molecule has 0 radical (unpaired) electrons. The summed E-state index contributed by atoms with van der Waals surface area (Å²) < 4.78 is 7.55. The monoisotopic (exact) mass is 457 g/mol. The summed E-state index contributed by atoms with van der Waals surface area (Å²) in [5, 5.41) is 4.10. The van der Waals surface area contributed by atoms with Gasteiger partial charge in [0.1, 0.15) is 11.9 Å². The van der Waals surface area contributed by atoms with Crippen molar-refractivity contribution in [1.82, 2.24) is 15.2 Å². The van der Waals surface area contributed by atoms with Gasteiger partial charge in [0, 0.05) is 44.6 Å². The van der Waals surface area contributed by atoms with Crippen LogP contribution in [0.2, 0.25) is 0 Å². The summed E-state index contributed by atoms with van der Waals surface area (Å²) in [5.74, 6) is 1.01. The van der Waals surface area contributed by atoms with Crippen molar-refractivity contribution in [1.29, 1.82) is 0 Å². The third-order valence-corrected chi connectivity index (χ3v) is 6.98. The Morgan fingerprint density at radius 1 is 1.03 bits per heavy atom. The Hall–Kier alpha value is -3.22. The standard InChI is InChI=1S/C27H27N3O2S/c31-26(14-15-27-29-22-11-5-7-13-25(22)33-27)28-16-17-30-18-21-10-4-6-12-23(21)32-24(19-30)20-8-2-1-3-9-20/h1-13,24H,14-19H2,(H,28,31). The van der Waals surface area contributed by atoms with Gasteiger partial charge in [-0.15, -0.1) is 11.3 Å². The highest BCUT2D eigenvalue weighted by Crippen LogP contribution is 2.30. The van der Waals surface area contributed by atoms with Gasteiger partial charge in [-0.1, -0.05) is 60.7 Å². The van der Waals surface area contributed by atoms with Crippen molar-refractivity contribution in [3.63, 3.8) is 0 Å². The van der Waals surface area contributed by atoms with Crippen molar-refractivity contribution < 1.29 is 9.53 Å². The fourth-order valence-corrected chi connectivity index (χ4v) is 5.15. The molecule has 0 bridgehead atoms. The molecular formula is C27H27N3O2S. The second-order valence-electron chi connectivity index (χ2n) is 8.29. The number of carbonyl (C=O) groups excluding carboxylic acids is 1. The highest BCUT2D eigenvalue weighted by Gasteiger charge is 2.24. The Morgan fingerprint density at radius 2 is 1.82 bits per heavy atom. The van der Waals surface area contributed by atoms with Gasteiger partial charge in [-0.05, 0) is 23.8 Å². The lowest BCUT2D eigenvalue weighted by molar-refractivity contribution is -0.121. The van der Waals surface area contributed by atoms with Gasteiger partial charge in [0.2, 0.25) is 5.91 Å². The van der Waals surface area contributed by atoms with Crippen molar-refractivity contribution in [2.45, 2.75) is 25.5 Å². The normalized spacial score (nSPS) is 16.1. The molecule has 4 aromatic rings. The average molecular weight is 458 g/mol. The molecule has 0 saturated heterocycles. The maximum absolute atomic E-state index is 12.4. The molecule has 1 aromatic heterocycles. The smallest absolute Gasteiger partial charge is 0.220 e. The van der Waals surface area contributed by atoms with Crippen LogP contribution in [0, 0.1) is 0 Å². The minimum atomic E-state index is -0.0374. The van der Waals surface area contributed by atoms with Crippen LogP contribution in [-0.2, 0) is 17.8 Å². The number of nitrogens with zero attached hydrogens (tertiary/aromatic N) is 2. The minimum absolute atomic E-state index is 0.0374. The van der Waals surface area contributed by atoms with E-state index >= 15 is 0 Å². The molecule has 0 spiro atoms. The molecule has 0 saturated carbocycles. The summed E-state index contributed by atoms with van der Waals surface area (Å²) in [4.78, 5) is 19.4. The van der Waals surface area contributed by atoms with Crippen LogP contribution in [0.25, 0.3) is 10.2 Å². The Labute approximate surface area is 198 Å². The molecular weight excluding hydrogens is 430 g/mol. The molecule has 6 heteroatoms. The summed E-state index contributed by atoms with van der Waals surface area (Å²) in [6.07, 6.45) is 1.09. The second-order valence-corrected chi connectivity index (χ2v) is 9.40. The molecule has 5 nitrogen and oxygen atoms in total. The second kappa shape index (κ2) is 10.1. The lowest BCUT2D eigenvalue weighted by Crippen LogP contribution is -2.36. The SMILES string of the molecule is O=C(CCc1nc2ccccc2s1)NCCN1Cc2ccccc2OC(c2ccccc2)C1. The van der Waals surface area contributed by atoms with Crippen molar-refractivity contribution in [3.05, 3.63) is 95.0 Å². The Bertz CT molecular complexity index is 1190. The van der Waals surface area contributed by atoms with Crippen LogP contribution >= 0.6 is 11.3 Å². The number of thiazole rings is 1. The van der Waals surface area contributed by atoms with Crippen LogP contribution < -0.4 is 10.1 Å². The summed E-state index contributed by atoms with van der Waals surface area (Å²) in [6.45, 7) is 2.97. The van der Waals surface area contributed by atoms with Crippen molar-refractivity contribution >= 4 is 27.5 Å². The van der Waals surface area contributed by atoms with Gasteiger partial charge in [0.15, 0.2) is 0 Å². The molecule has 5 rings (SSSR count). The van der Waals surface area contributed by atoms with Crippen molar-refractivity contribution in [3.8, 4) is 5.75 Å². The number of rotatable bonds is 7. The predicted molar refractivity (Wildman–Crippen MR) is 132 cm³/mol. The number of hydrogen-bond acceptors (Lipinski definition) is 5. The number of amides is 1. The average Bonchev–Trinajstić information content (AvgIpc) is 3.17. The highest BCUT2D eigenvalue weighted by molar-refractivity contribution is 7.18. The zero-order chi connectivity index (χ0) is 22.5. The van der Waals surface area contributed by atoms with Gasteiger partial charge >= 0.3 is 0 Å². The van der Waals surface area contributed by atoms with Crippen LogP contribution in [0.4, 0.5) is 0 Å². The van der Waals surface area contributed by atoms with Crippen molar-refractivity contribution in [2.75, 3.05) is 19.6 Å². The number of aromatic nitrogens is 1. The number of carbonyl (C=O) groups is 1. The molecule has 0 fully saturated rings. The van der Waals surface area contributed by atoms with Gasteiger partial charge in [0.05, 0.1) is 15.2 Å². The molecule has 1 unspecified atom stereocenters. The Balaban J connectivity index is 1.16. The molecule has 33 heavy (non-hydrogen) atoms. The molecule has 2 heterocycles. The van der Waals surface area contributed by atoms with Crippen LogP contribution in [-0.4, -0.2) is 35.4 Å². The number of benzene rings is 3. The van der Waals surface area contributed by atoms with Gasteiger partial charge in [0.25, 0.3) is 0 Å². The lowest BCUT2D eigenvalue weighted by Gasteiger charge is -2.24. The van der Waals surface area contributed by atoms with Gasteiger partial charge in [-0.2, -0.15) is 0 Å². The number of fused-ring (bicyclic) bond motifs is 2. The van der Waals surface area contributed by atoms with E-state index in [2.05, 4.69) is 39.5 Å². The first-order valence-corrected chi connectivity index (χ1v) is 12.2. The summed E-state index contributed by atoms with van der Waals surface area (Å²) in [5.41, 5.74) is 3.35. The van der Waals surface area contributed by atoms with E-state index in [-0.39, 0.29) is 12.0 Å². The minimum Gasteiger partial charge on any atom is -0.484 e. The van der Waals surface area contributed by atoms with Gasteiger partial charge in [-0.3, -0.25) is 9.69 Å². The molecule has 168 valence electrons. The van der Waals surface area contributed by atoms with E-state index in [9.17, 15) is 4.79 Å². The molecule has 0 aliphatic carbocycles. The first kappa shape index (κ1) is 21.6. The summed E-state index contributed by atoms with van der Waals surface area (Å²) in [6, 6.07) is 26.7. The van der Waals surface area contributed by atoms with E-state index in [1.54, 1.807) is 11.3 Å². The molecule has 1 N–H and O–H groups in total. The largest absolute Gasteiger partial charge is 0.484 e. The quantitative estimate of drug-likeness (QED) is 0.425. The van der Waals surface area contributed by atoms with E-state index in [4.69, 9.17) is 4.74 Å². The van der Waals surface area contributed by atoms with E-state index in [0.29, 0.717) is 19.4 Å². The molecule has 3 aromatic carbocycles. The van der Waals surface area contributed by atoms with Gasteiger partial charge in [-0.25, -0.2) is 4.98 Å². The zero-order valence-corrected chi connectivity index (χ0v) is 19.3. The first-order valence-electron chi connectivity index (χ1n) is 11.4. The molecule has 1 atom stereocenters. The summed E-state index contributed by atoms with van der Waals surface area (Å²) >= 11 is 1.67. The third-order valence-electron chi connectivity index (χ3n) is 5.89. The Kier molecular flexibility index (Phi) is 6.65. The topological polar surface area (TPSA) is 54.5 Å². The van der Waals surface area contributed by atoms with Crippen molar-refractivity contribution in [2.24, 2.45) is 0 Å². The molecule has 1 aliphatic heterocycles. The maximum atomic E-state index is 12.4. The predicted octanol–water partition coefficient (Wildman–Crippen LogP) is 4.98. The fraction of sp³-hybridized carbons (Fsp3) is 0.259.